The number of amides is 2. The summed E-state index contributed by atoms with van der Waals surface area (Å²) in [6, 6.07) is 10.9. The Bertz CT molecular complexity index is 783. The molecule has 0 saturated carbocycles. The molecule has 2 atom stereocenters. The maximum Gasteiger partial charge on any atom is 0.290 e. The van der Waals surface area contributed by atoms with Crippen molar-refractivity contribution in [3.05, 3.63) is 59.5 Å². The monoisotopic (exact) mass is 368 g/mol. The van der Waals surface area contributed by atoms with Crippen LogP contribution in [0.3, 0.4) is 0 Å². The van der Waals surface area contributed by atoms with E-state index in [1.54, 1.807) is 17.0 Å². The second kappa shape index (κ2) is 8.42. The molecule has 0 fully saturated rings. The quantitative estimate of drug-likeness (QED) is 0.844. The van der Waals surface area contributed by atoms with Crippen molar-refractivity contribution in [3.63, 3.8) is 0 Å². The van der Waals surface area contributed by atoms with Crippen molar-refractivity contribution in [1.82, 2.24) is 10.2 Å². The minimum Gasteiger partial charge on any atom is -0.459 e. The number of nitrogens with zero attached hydrogens (tertiary/aromatic N) is 1. The van der Waals surface area contributed by atoms with Gasteiger partial charge in [0.25, 0.3) is 5.91 Å². The van der Waals surface area contributed by atoms with Crippen LogP contribution in [0.5, 0.6) is 0 Å². The maximum atomic E-state index is 13.0. The average molecular weight is 368 g/mol. The molecule has 1 N–H and O–H groups in total. The van der Waals surface area contributed by atoms with Gasteiger partial charge < -0.3 is 14.6 Å². The fourth-order valence-corrected chi connectivity index (χ4v) is 3.51. The number of carbonyl (C=O) groups excluding carboxylic acids is 2. The average Bonchev–Trinajstić information content (AvgIpc) is 3.19. The Morgan fingerprint density at radius 3 is 2.52 bits per heavy atom. The molecular weight excluding hydrogens is 340 g/mol. The summed E-state index contributed by atoms with van der Waals surface area (Å²) in [5.74, 6) is 0.521. The summed E-state index contributed by atoms with van der Waals surface area (Å²) in [6.45, 7) is 6.79. The zero-order valence-electron chi connectivity index (χ0n) is 16.3. The molecule has 2 unspecified atom stereocenters. The molecule has 1 aliphatic rings. The topological polar surface area (TPSA) is 62.6 Å². The van der Waals surface area contributed by atoms with Crippen LogP contribution >= 0.6 is 0 Å². The van der Waals surface area contributed by atoms with Crippen LogP contribution in [0.15, 0.2) is 47.1 Å². The van der Waals surface area contributed by atoms with Gasteiger partial charge in [-0.1, -0.05) is 38.1 Å². The first-order valence-electron chi connectivity index (χ1n) is 9.67. The Kier molecular flexibility index (Phi) is 5.99. The van der Waals surface area contributed by atoms with Crippen molar-refractivity contribution in [2.24, 2.45) is 5.92 Å². The molecular formula is C22H28N2O3. The van der Waals surface area contributed by atoms with Crippen LogP contribution in [0, 0.1) is 5.92 Å². The standard InChI is InChI=1S/C22H28N2O3/c1-15(2)10-11-16(3)23-21(25)19-13-17-7-4-5-8-18(17)14-24(19)22(26)20-9-6-12-27-20/h4-9,12,15-16,19H,10-11,13-14H2,1-3H3,(H,23,25). The van der Waals surface area contributed by atoms with E-state index in [1.165, 1.54) is 6.26 Å². The zero-order valence-corrected chi connectivity index (χ0v) is 16.3. The molecule has 0 radical (unpaired) electrons. The predicted octanol–water partition coefficient (Wildman–Crippen LogP) is 3.79. The molecule has 0 saturated heterocycles. The van der Waals surface area contributed by atoms with Gasteiger partial charge in [0.1, 0.15) is 6.04 Å². The van der Waals surface area contributed by atoms with Gasteiger partial charge in [0.2, 0.25) is 5.91 Å². The van der Waals surface area contributed by atoms with Crippen LogP contribution < -0.4 is 5.32 Å². The van der Waals surface area contributed by atoms with E-state index >= 15 is 0 Å². The molecule has 1 aromatic carbocycles. The molecule has 1 aromatic heterocycles. The molecule has 5 nitrogen and oxygen atoms in total. The zero-order chi connectivity index (χ0) is 19.4. The molecule has 2 heterocycles. The van der Waals surface area contributed by atoms with Crippen LogP contribution in [0.2, 0.25) is 0 Å². The third-order valence-electron chi connectivity index (χ3n) is 5.11. The number of fused-ring (bicyclic) bond motifs is 1. The summed E-state index contributed by atoms with van der Waals surface area (Å²) in [5, 5.41) is 3.10. The Hall–Kier alpha value is -2.56. The van der Waals surface area contributed by atoms with Crippen molar-refractivity contribution in [2.45, 2.75) is 58.7 Å². The van der Waals surface area contributed by atoms with Gasteiger partial charge in [0.15, 0.2) is 5.76 Å². The van der Waals surface area contributed by atoms with Gasteiger partial charge in [-0.15, -0.1) is 0 Å². The van der Waals surface area contributed by atoms with Gasteiger partial charge in [-0.2, -0.15) is 0 Å². The summed E-state index contributed by atoms with van der Waals surface area (Å²) in [7, 11) is 0. The van der Waals surface area contributed by atoms with Crippen molar-refractivity contribution in [3.8, 4) is 0 Å². The molecule has 0 aliphatic carbocycles. The molecule has 0 spiro atoms. The fourth-order valence-electron chi connectivity index (χ4n) is 3.51. The van der Waals surface area contributed by atoms with Gasteiger partial charge in [-0.3, -0.25) is 9.59 Å². The summed E-state index contributed by atoms with van der Waals surface area (Å²) in [6.07, 6.45) is 3.99. The van der Waals surface area contributed by atoms with E-state index in [1.807, 2.05) is 31.2 Å². The Morgan fingerprint density at radius 1 is 1.11 bits per heavy atom. The van der Waals surface area contributed by atoms with Crippen LogP contribution in [-0.4, -0.2) is 28.8 Å². The first-order chi connectivity index (χ1) is 13.0. The number of carbonyl (C=O) groups is 2. The third-order valence-corrected chi connectivity index (χ3v) is 5.11. The second-order valence-corrected chi connectivity index (χ2v) is 7.78. The summed E-state index contributed by atoms with van der Waals surface area (Å²) < 4.78 is 5.29. The van der Waals surface area contributed by atoms with E-state index < -0.39 is 6.04 Å². The Labute approximate surface area is 160 Å². The molecule has 0 bridgehead atoms. The molecule has 2 aromatic rings. The minimum atomic E-state index is -0.529. The van der Waals surface area contributed by atoms with E-state index in [0.29, 0.717) is 18.9 Å². The van der Waals surface area contributed by atoms with Crippen LogP contribution in [0.25, 0.3) is 0 Å². The Morgan fingerprint density at radius 2 is 1.85 bits per heavy atom. The molecule has 2 amide bonds. The number of furan rings is 1. The van der Waals surface area contributed by atoms with E-state index in [-0.39, 0.29) is 23.6 Å². The highest BCUT2D eigenvalue weighted by Gasteiger charge is 2.36. The van der Waals surface area contributed by atoms with Gasteiger partial charge in [0, 0.05) is 19.0 Å². The highest BCUT2D eigenvalue weighted by molar-refractivity contribution is 5.96. The number of hydrogen-bond donors (Lipinski definition) is 1. The lowest BCUT2D eigenvalue weighted by Crippen LogP contribution is -2.54. The van der Waals surface area contributed by atoms with Crippen molar-refractivity contribution in [1.29, 1.82) is 0 Å². The first kappa shape index (κ1) is 19.2. The van der Waals surface area contributed by atoms with E-state index in [4.69, 9.17) is 4.42 Å². The predicted molar refractivity (Wildman–Crippen MR) is 104 cm³/mol. The summed E-state index contributed by atoms with van der Waals surface area (Å²) >= 11 is 0. The lowest BCUT2D eigenvalue weighted by Gasteiger charge is -2.36. The van der Waals surface area contributed by atoms with Crippen molar-refractivity contribution in [2.75, 3.05) is 0 Å². The van der Waals surface area contributed by atoms with E-state index in [2.05, 4.69) is 19.2 Å². The SMILES string of the molecule is CC(C)CCC(C)NC(=O)C1Cc2ccccc2CN1C(=O)c1ccco1. The van der Waals surface area contributed by atoms with Crippen LogP contribution in [0.1, 0.15) is 55.3 Å². The molecule has 144 valence electrons. The smallest absolute Gasteiger partial charge is 0.290 e. The fraction of sp³-hybridized carbons (Fsp3) is 0.455. The van der Waals surface area contributed by atoms with Crippen molar-refractivity contribution >= 4 is 11.8 Å². The van der Waals surface area contributed by atoms with Crippen LogP contribution in [0.4, 0.5) is 0 Å². The van der Waals surface area contributed by atoms with Gasteiger partial charge in [-0.05, 0) is 48.9 Å². The van der Waals surface area contributed by atoms with Gasteiger partial charge in [-0.25, -0.2) is 0 Å². The number of hydrogen-bond acceptors (Lipinski definition) is 3. The molecule has 3 rings (SSSR count). The second-order valence-electron chi connectivity index (χ2n) is 7.78. The van der Waals surface area contributed by atoms with E-state index in [9.17, 15) is 9.59 Å². The highest BCUT2D eigenvalue weighted by Crippen LogP contribution is 2.25. The van der Waals surface area contributed by atoms with E-state index in [0.717, 1.165) is 24.0 Å². The summed E-state index contributed by atoms with van der Waals surface area (Å²) in [5.41, 5.74) is 2.20. The van der Waals surface area contributed by atoms with Crippen molar-refractivity contribution < 1.29 is 14.0 Å². The van der Waals surface area contributed by atoms with Gasteiger partial charge >= 0.3 is 0 Å². The number of benzene rings is 1. The number of rotatable bonds is 6. The molecule has 5 heteroatoms. The maximum absolute atomic E-state index is 13.0. The summed E-state index contributed by atoms with van der Waals surface area (Å²) in [4.78, 5) is 27.6. The first-order valence-corrected chi connectivity index (χ1v) is 9.67. The minimum absolute atomic E-state index is 0.0811. The number of nitrogens with one attached hydrogen (secondary N) is 1. The highest BCUT2D eigenvalue weighted by atomic mass is 16.3. The lowest BCUT2D eigenvalue weighted by molar-refractivity contribution is -0.126. The normalized spacial score (nSPS) is 17.5. The van der Waals surface area contributed by atoms with Gasteiger partial charge in [0.05, 0.1) is 6.26 Å². The van der Waals surface area contributed by atoms with Crippen LogP contribution in [-0.2, 0) is 17.8 Å². The third kappa shape index (κ3) is 4.59. The Balaban J connectivity index is 1.79. The molecule has 1 aliphatic heterocycles. The molecule has 27 heavy (non-hydrogen) atoms. The largest absolute Gasteiger partial charge is 0.459 e. The lowest BCUT2D eigenvalue weighted by atomic mass is 9.93.